The number of nitriles is 1. The Balaban J connectivity index is 2.53. The fourth-order valence-corrected chi connectivity index (χ4v) is 1.28. The number of nitrogens with zero attached hydrogens (tertiary/aromatic N) is 1. The summed E-state index contributed by atoms with van der Waals surface area (Å²) in [6, 6.07) is 8.85. The monoisotopic (exact) mass is 257 g/mol. The minimum atomic E-state index is -0.304. The van der Waals surface area contributed by atoms with Crippen molar-refractivity contribution < 1.29 is 9.59 Å². The summed E-state index contributed by atoms with van der Waals surface area (Å²) >= 11 is 0. The van der Waals surface area contributed by atoms with E-state index < -0.39 is 0 Å². The number of hydrogen-bond donors (Lipinski definition) is 2. The highest BCUT2D eigenvalue weighted by Crippen LogP contribution is 2.10. The van der Waals surface area contributed by atoms with Crippen LogP contribution in [0.4, 0.5) is 5.69 Å². The highest BCUT2D eigenvalue weighted by atomic mass is 16.2. The number of benzene rings is 1. The molecule has 0 spiro atoms. The maximum atomic E-state index is 11.4. The van der Waals surface area contributed by atoms with Crippen molar-refractivity contribution in [2.45, 2.75) is 19.9 Å². The van der Waals surface area contributed by atoms with Gasteiger partial charge in [-0.1, -0.05) is 18.7 Å². The van der Waals surface area contributed by atoms with Crippen molar-refractivity contribution in [2.24, 2.45) is 0 Å². The third kappa shape index (κ3) is 5.04. The average molecular weight is 257 g/mol. The lowest BCUT2D eigenvalue weighted by Crippen LogP contribution is -2.21. The normalized spacial score (nSPS) is 9.26. The molecule has 0 radical (unpaired) electrons. The summed E-state index contributed by atoms with van der Waals surface area (Å²) in [6.45, 7) is 5.54. The quantitative estimate of drug-likeness (QED) is 0.788. The first kappa shape index (κ1) is 14.5. The predicted octanol–water partition coefficient (Wildman–Crippen LogP) is 1.73. The van der Waals surface area contributed by atoms with E-state index in [1.54, 1.807) is 37.3 Å². The lowest BCUT2D eigenvalue weighted by Gasteiger charge is -2.07. The van der Waals surface area contributed by atoms with E-state index in [9.17, 15) is 9.59 Å². The summed E-state index contributed by atoms with van der Waals surface area (Å²) in [4.78, 5) is 22.5. The van der Waals surface area contributed by atoms with Gasteiger partial charge in [0.15, 0.2) is 0 Å². The molecule has 0 aromatic heterocycles. The zero-order chi connectivity index (χ0) is 14.3. The lowest BCUT2D eigenvalue weighted by molar-refractivity contribution is -0.120. The van der Waals surface area contributed by atoms with E-state index in [0.717, 1.165) is 5.56 Å². The van der Waals surface area contributed by atoms with Crippen LogP contribution < -0.4 is 10.6 Å². The van der Waals surface area contributed by atoms with E-state index >= 15 is 0 Å². The molecule has 0 bridgehead atoms. The van der Waals surface area contributed by atoms with Crippen molar-refractivity contribution in [1.82, 2.24) is 5.32 Å². The molecular weight excluding hydrogens is 242 g/mol. The molecule has 0 saturated carbocycles. The molecule has 1 rings (SSSR count). The predicted molar refractivity (Wildman–Crippen MR) is 72.0 cm³/mol. The van der Waals surface area contributed by atoms with Gasteiger partial charge in [-0.3, -0.25) is 9.59 Å². The first-order valence-corrected chi connectivity index (χ1v) is 5.72. The van der Waals surface area contributed by atoms with Crippen LogP contribution in [0.2, 0.25) is 0 Å². The van der Waals surface area contributed by atoms with Crippen LogP contribution in [-0.2, 0) is 16.1 Å². The van der Waals surface area contributed by atoms with Crippen LogP contribution in [-0.4, -0.2) is 11.8 Å². The highest BCUT2D eigenvalue weighted by Gasteiger charge is 2.03. The zero-order valence-electron chi connectivity index (χ0n) is 10.7. The van der Waals surface area contributed by atoms with Gasteiger partial charge in [0, 0.05) is 17.8 Å². The van der Waals surface area contributed by atoms with Crippen molar-refractivity contribution in [3.63, 3.8) is 0 Å². The van der Waals surface area contributed by atoms with E-state index in [0.29, 0.717) is 17.8 Å². The summed E-state index contributed by atoms with van der Waals surface area (Å²) in [5.74, 6) is -0.530. The van der Waals surface area contributed by atoms with Crippen molar-refractivity contribution in [3.05, 3.63) is 42.0 Å². The molecule has 5 nitrogen and oxygen atoms in total. The van der Waals surface area contributed by atoms with E-state index in [1.165, 1.54) is 0 Å². The molecule has 0 aliphatic rings. The Hall–Kier alpha value is -2.61. The molecule has 0 saturated heterocycles. The summed E-state index contributed by atoms with van der Waals surface area (Å²) < 4.78 is 0. The smallest absolute Gasteiger partial charge is 0.250 e. The van der Waals surface area contributed by atoms with Crippen LogP contribution in [0.15, 0.2) is 36.4 Å². The molecule has 0 fully saturated rings. The molecule has 98 valence electrons. The van der Waals surface area contributed by atoms with Crippen LogP contribution in [0.1, 0.15) is 18.9 Å². The van der Waals surface area contributed by atoms with E-state index in [2.05, 4.69) is 17.2 Å². The summed E-state index contributed by atoms with van der Waals surface area (Å²) in [7, 11) is 0. The van der Waals surface area contributed by atoms with Gasteiger partial charge in [0.05, 0.1) is 6.07 Å². The van der Waals surface area contributed by atoms with Crippen molar-refractivity contribution in [3.8, 4) is 6.07 Å². The number of anilines is 1. The van der Waals surface area contributed by atoms with Crippen molar-refractivity contribution in [2.75, 3.05) is 5.32 Å². The van der Waals surface area contributed by atoms with Crippen molar-refractivity contribution >= 4 is 17.5 Å². The lowest BCUT2D eigenvalue weighted by atomic mass is 10.2. The number of carbonyl (C=O) groups is 2. The van der Waals surface area contributed by atoms with Crippen LogP contribution in [0.3, 0.4) is 0 Å². The minimum Gasteiger partial charge on any atom is -0.351 e. The van der Waals surface area contributed by atoms with Gasteiger partial charge < -0.3 is 10.6 Å². The molecule has 19 heavy (non-hydrogen) atoms. The molecule has 1 aromatic carbocycles. The number of carbonyl (C=O) groups excluding carboxylic acids is 2. The molecule has 0 aliphatic carbocycles. The molecule has 5 heteroatoms. The van der Waals surface area contributed by atoms with Gasteiger partial charge in [-0.15, -0.1) is 0 Å². The summed E-state index contributed by atoms with van der Waals surface area (Å²) in [5.41, 5.74) is 1.99. The first-order valence-electron chi connectivity index (χ1n) is 5.72. The topological polar surface area (TPSA) is 82.0 Å². The fourth-order valence-electron chi connectivity index (χ4n) is 1.28. The second kappa shape index (κ2) is 6.97. The molecule has 0 atom stereocenters. The zero-order valence-corrected chi connectivity index (χ0v) is 10.7. The highest BCUT2D eigenvalue weighted by molar-refractivity contribution is 6.02. The van der Waals surface area contributed by atoms with Gasteiger partial charge in [0.2, 0.25) is 5.91 Å². The molecular formula is C14H15N3O2. The Morgan fingerprint density at radius 2 is 1.95 bits per heavy atom. The standard InChI is InChI=1S/C14H15N3O2/c1-10(2)14(19)17-12-5-3-11(4-6-12)9-16-13(18)7-8-15/h3-6H,1,7,9H2,2H3,(H,16,18)(H,17,19). The Morgan fingerprint density at radius 1 is 1.32 bits per heavy atom. The molecule has 0 aliphatic heterocycles. The van der Waals surface area contributed by atoms with Gasteiger partial charge in [-0.2, -0.15) is 5.26 Å². The Kier molecular flexibility index (Phi) is 5.30. The van der Waals surface area contributed by atoms with Crippen LogP contribution >= 0.6 is 0 Å². The van der Waals surface area contributed by atoms with Gasteiger partial charge in [-0.25, -0.2) is 0 Å². The van der Waals surface area contributed by atoms with Crippen LogP contribution in [0.5, 0.6) is 0 Å². The maximum Gasteiger partial charge on any atom is 0.250 e. The third-order valence-corrected chi connectivity index (χ3v) is 2.33. The SMILES string of the molecule is C=C(C)C(=O)Nc1ccc(CNC(=O)CC#N)cc1. The second-order valence-electron chi connectivity index (χ2n) is 4.04. The first-order chi connectivity index (χ1) is 9.02. The third-order valence-electron chi connectivity index (χ3n) is 2.33. The van der Waals surface area contributed by atoms with Crippen LogP contribution in [0, 0.1) is 11.3 Å². The average Bonchev–Trinajstić information content (AvgIpc) is 2.38. The van der Waals surface area contributed by atoms with Gasteiger partial charge in [-0.05, 0) is 24.6 Å². The molecule has 0 unspecified atom stereocenters. The maximum absolute atomic E-state index is 11.4. The van der Waals surface area contributed by atoms with Gasteiger partial charge in [0.25, 0.3) is 5.91 Å². The minimum absolute atomic E-state index is 0.146. The van der Waals surface area contributed by atoms with E-state index in [-0.39, 0.29) is 18.2 Å². The number of hydrogen-bond acceptors (Lipinski definition) is 3. The molecule has 1 aromatic rings. The van der Waals surface area contributed by atoms with Gasteiger partial charge >= 0.3 is 0 Å². The largest absolute Gasteiger partial charge is 0.351 e. The van der Waals surface area contributed by atoms with Crippen molar-refractivity contribution in [1.29, 1.82) is 5.26 Å². The van der Waals surface area contributed by atoms with Crippen LogP contribution in [0.25, 0.3) is 0 Å². The Bertz CT molecular complexity index is 527. The van der Waals surface area contributed by atoms with E-state index in [4.69, 9.17) is 5.26 Å². The van der Waals surface area contributed by atoms with Gasteiger partial charge in [0.1, 0.15) is 6.42 Å². The van der Waals surface area contributed by atoms with E-state index in [1.807, 2.05) is 0 Å². The molecule has 2 N–H and O–H groups in total. The number of nitrogens with one attached hydrogen (secondary N) is 2. The number of rotatable bonds is 5. The second-order valence-corrected chi connectivity index (χ2v) is 4.04. The summed E-state index contributed by atoms with van der Waals surface area (Å²) in [5, 5.41) is 13.6. The summed E-state index contributed by atoms with van der Waals surface area (Å²) in [6.07, 6.45) is -0.146. The Labute approximate surface area is 111 Å². The Morgan fingerprint density at radius 3 is 2.47 bits per heavy atom. The fraction of sp³-hybridized carbons (Fsp3) is 0.214. The molecule has 2 amide bonds. The molecule has 0 heterocycles. The number of amides is 2.